The normalized spacial score (nSPS) is 12.1. The molecule has 0 bridgehead atoms. The van der Waals surface area contributed by atoms with Crippen molar-refractivity contribution in [2.45, 2.75) is 26.2 Å². The molecule has 7 nitrogen and oxygen atoms in total. The number of nitrogens with zero attached hydrogens (tertiary/aromatic N) is 4. The van der Waals surface area contributed by atoms with Gasteiger partial charge in [0.15, 0.2) is 6.61 Å². The fraction of sp³-hybridized carbons (Fsp3) is 0.238. The highest BCUT2D eigenvalue weighted by molar-refractivity contribution is 7.19. The molecule has 0 aliphatic rings. The number of carbonyl (C=O) groups excluding carboxylic acids is 1. The summed E-state index contributed by atoms with van der Waals surface area (Å²) >= 11 is 1.44. The molecule has 4 aromatic rings. The summed E-state index contributed by atoms with van der Waals surface area (Å²) in [7, 11) is 0. The van der Waals surface area contributed by atoms with Crippen LogP contribution in [0, 0.1) is 0 Å². The summed E-state index contributed by atoms with van der Waals surface area (Å²) in [5.74, 6) is 0.977. The summed E-state index contributed by atoms with van der Waals surface area (Å²) < 4.78 is 7.24. The first-order valence-corrected chi connectivity index (χ1v) is 10.2. The van der Waals surface area contributed by atoms with Crippen molar-refractivity contribution in [3.63, 3.8) is 0 Å². The first kappa shape index (κ1) is 19.1. The molecule has 0 saturated heterocycles. The van der Waals surface area contributed by atoms with Crippen molar-refractivity contribution in [1.82, 2.24) is 19.8 Å². The molecule has 0 spiro atoms. The summed E-state index contributed by atoms with van der Waals surface area (Å²) in [4.78, 5) is 13.0. The van der Waals surface area contributed by atoms with E-state index in [2.05, 4.69) is 34.5 Å². The standard InChI is InChI=1S/C21H21N5O2S/c1-3-14(2)15-7-9-18(10-8-15)28-12-19(27)23-17-6-4-5-16(11-17)20-25-26-13-22-24-21(26)29-20/h4-11,13-14H,3,12H2,1-2H3,(H,23,27)/t14-/m0/s1. The summed E-state index contributed by atoms with van der Waals surface area (Å²) in [6, 6.07) is 15.4. The Labute approximate surface area is 172 Å². The highest BCUT2D eigenvalue weighted by Gasteiger charge is 2.10. The number of fused-ring (bicyclic) bond motifs is 1. The Balaban J connectivity index is 1.36. The minimum Gasteiger partial charge on any atom is -0.484 e. The van der Waals surface area contributed by atoms with E-state index in [1.807, 2.05) is 48.5 Å². The fourth-order valence-corrected chi connectivity index (χ4v) is 3.70. The molecule has 0 saturated carbocycles. The lowest BCUT2D eigenvalue weighted by Crippen LogP contribution is -2.20. The van der Waals surface area contributed by atoms with Crippen LogP contribution in [0.2, 0.25) is 0 Å². The molecule has 4 rings (SSSR count). The van der Waals surface area contributed by atoms with Gasteiger partial charge >= 0.3 is 0 Å². The quantitative estimate of drug-likeness (QED) is 0.492. The van der Waals surface area contributed by atoms with Crippen LogP contribution in [-0.2, 0) is 4.79 Å². The molecule has 0 unspecified atom stereocenters. The van der Waals surface area contributed by atoms with E-state index >= 15 is 0 Å². The molecule has 8 heteroatoms. The van der Waals surface area contributed by atoms with Crippen molar-refractivity contribution in [1.29, 1.82) is 0 Å². The van der Waals surface area contributed by atoms with Crippen LogP contribution in [0.1, 0.15) is 31.7 Å². The van der Waals surface area contributed by atoms with E-state index in [9.17, 15) is 4.79 Å². The number of ether oxygens (including phenoxy) is 1. The SMILES string of the molecule is CC[C@H](C)c1ccc(OCC(=O)Nc2cccc(-c3nn4cnnc4s3)c2)cc1. The molecule has 0 aliphatic carbocycles. The zero-order valence-corrected chi connectivity index (χ0v) is 17.0. The Morgan fingerprint density at radius 3 is 2.83 bits per heavy atom. The van der Waals surface area contributed by atoms with Crippen molar-refractivity contribution in [3.8, 4) is 16.3 Å². The van der Waals surface area contributed by atoms with Gasteiger partial charge in [-0.25, -0.2) is 0 Å². The highest BCUT2D eigenvalue weighted by Crippen LogP contribution is 2.27. The first-order valence-electron chi connectivity index (χ1n) is 9.42. The number of carbonyl (C=O) groups is 1. The largest absolute Gasteiger partial charge is 0.484 e. The van der Waals surface area contributed by atoms with Crippen LogP contribution >= 0.6 is 11.3 Å². The van der Waals surface area contributed by atoms with E-state index in [4.69, 9.17) is 4.74 Å². The van der Waals surface area contributed by atoms with Crippen LogP contribution in [0.3, 0.4) is 0 Å². The van der Waals surface area contributed by atoms with Gasteiger partial charge in [0.25, 0.3) is 5.91 Å². The maximum atomic E-state index is 12.3. The van der Waals surface area contributed by atoms with Crippen LogP contribution in [0.25, 0.3) is 15.5 Å². The number of hydrogen-bond donors (Lipinski definition) is 1. The number of aromatic nitrogens is 4. The van der Waals surface area contributed by atoms with Crippen molar-refractivity contribution in [2.24, 2.45) is 0 Å². The third kappa shape index (κ3) is 4.43. The molecular weight excluding hydrogens is 386 g/mol. The van der Waals surface area contributed by atoms with Crippen molar-refractivity contribution < 1.29 is 9.53 Å². The summed E-state index contributed by atoms with van der Waals surface area (Å²) in [6.07, 6.45) is 2.65. The Bertz CT molecular complexity index is 1090. The summed E-state index contributed by atoms with van der Waals surface area (Å²) in [6.45, 7) is 4.31. The molecule has 2 aromatic carbocycles. The lowest BCUT2D eigenvalue weighted by atomic mass is 9.99. The summed E-state index contributed by atoms with van der Waals surface area (Å²) in [5.41, 5.74) is 2.86. The number of anilines is 1. The second-order valence-electron chi connectivity index (χ2n) is 6.76. The highest BCUT2D eigenvalue weighted by atomic mass is 32.1. The molecule has 0 radical (unpaired) electrons. The Kier molecular flexibility index (Phi) is 5.53. The Hall–Kier alpha value is -3.26. The molecule has 2 aromatic heterocycles. The van der Waals surface area contributed by atoms with Crippen molar-refractivity contribution in [2.75, 3.05) is 11.9 Å². The Morgan fingerprint density at radius 2 is 2.07 bits per heavy atom. The van der Waals surface area contributed by atoms with Crippen LogP contribution in [0.5, 0.6) is 5.75 Å². The third-order valence-corrected chi connectivity index (χ3v) is 5.67. The lowest BCUT2D eigenvalue weighted by Gasteiger charge is -2.11. The molecule has 1 N–H and O–H groups in total. The molecule has 1 atom stereocenters. The van der Waals surface area contributed by atoms with Crippen LogP contribution < -0.4 is 10.1 Å². The molecule has 148 valence electrons. The van der Waals surface area contributed by atoms with E-state index in [0.29, 0.717) is 17.4 Å². The second kappa shape index (κ2) is 8.40. The number of hydrogen-bond acceptors (Lipinski definition) is 6. The maximum absolute atomic E-state index is 12.3. The smallest absolute Gasteiger partial charge is 0.262 e. The van der Waals surface area contributed by atoms with Crippen molar-refractivity contribution in [3.05, 3.63) is 60.4 Å². The minimum atomic E-state index is -0.216. The number of amides is 1. The van der Waals surface area contributed by atoms with Gasteiger partial charge in [0.2, 0.25) is 4.96 Å². The van der Waals surface area contributed by atoms with Crippen molar-refractivity contribution >= 4 is 27.9 Å². The van der Waals surface area contributed by atoms with Gasteiger partial charge in [-0.15, -0.1) is 10.2 Å². The zero-order valence-electron chi connectivity index (χ0n) is 16.2. The van der Waals surface area contributed by atoms with Gasteiger partial charge in [-0.2, -0.15) is 9.61 Å². The van der Waals surface area contributed by atoms with Gasteiger partial charge in [0.05, 0.1) is 0 Å². The molecule has 0 aliphatic heterocycles. The summed E-state index contributed by atoms with van der Waals surface area (Å²) in [5, 5.41) is 15.9. The topological polar surface area (TPSA) is 81.4 Å². The van der Waals surface area contributed by atoms with E-state index in [1.54, 1.807) is 10.8 Å². The van der Waals surface area contributed by atoms with Gasteiger partial charge in [-0.3, -0.25) is 4.79 Å². The maximum Gasteiger partial charge on any atom is 0.262 e. The first-order chi connectivity index (χ1) is 14.1. The Morgan fingerprint density at radius 1 is 1.24 bits per heavy atom. The molecular formula is C21H21N5O2S. The minimum absolute atomic E-state index is 0.0519. The lowest BCUT2D eigenvalue weighted by molar-refractivity contribution is -0.118. The average Bonchev–Trinajstić information content (AvgIpc) is 3.35. The van der Waals surface area contributed by atoms with Gasteiger partial charge in [-0.05, 0) is 42.2 Å². The fourth-order valence-electron chi connectivity index (χ4n) is 2.88. The molecule has 0 fully saturated rings. The third-order valence-electron chi connectivity index (χ3n) is 4.71. The number of nitrogens with one attached hydrogen (secondary N) is 1. The molecule has 29 heavy (non-hydrogen) atoms. The predicted molar refractivity (Wildman–Crippen MR) is 113 cm³/mol. The second-order valence-corrected chi connectivity index (χ2v) is 7.72. The molecule has 2 heterocycles. The molecule has 1 amide bonds. The number of benzene rings is 2. The predicted octanol–water partition coefficient (Wildman–Crippen LogP) is 4.38. The van der Waals surface area contributed by atoms with E-state index < -0.39 is 0 Å². The van der Waals surface area contributed by atoms with Gasteiger partial charge in [0, 0.05) is 11.3 Å². The van der Waals surface area contributed by atoms with Crippen LogP contribution in [-0.4, -0.2) is 32.3 Å². The van der Waals surface area contributed by atoms with Gasteiger partial charge < -0.3 is 10.1 Å². The zero-order chi connectivity index (χ0) is 20.2. The van der Waals surface area contributed by atoms with Crippen LogP contribution in [0.15, 0.2) is 54.9 Å². The van der Waals surface area contributed by atoms with E-state index in [1.165, 1.54) is 16.9 Å². The van der Waals surface area contributed by atoms with Gasteiger partial charge in [-0.1, -0.05) is 49.4 Å². The van der Waals surface area contributed by atoms with E-state index in [-0.39, 0.29) is 12.5 Å². The van der Waals surface area contributed by atoms with Crippen LogP contribution in [0.4, 0.5) is 5.69 Å². The average molecular weight is 407 g/mol. The number of rotatable bonds is 7. The van der Waals surface area contributed by atoms with E-state index in [0.717, 1.165) is 22.0 Å². The van der Waals surface area contributed by atoms with Gasteiger partial charge in [0.1, 0.15) is 17.1 Å². The monoisotopic (exact) mass is 407 g/mol.